The Balaban J connectivity index is 1.72. The first kappa shape index (κ1) is 13.6. The number of benzene rings is 1. The fourth-order valence-corrected chi connectivity index (χ4v) is 2.68. The van der Waals surface area contributed by atoms with Gasteiger partial charge in [0.1, 0.15) is 0 Å². The van der Waals surface area contributed by atoms with E-state index in [0.717, 1.165) is 29.9 Å². The van der Waals surface area contributed by atoms with Crippen molar-refractivity contribution in [3.8, 4) is 0 Å². The molecule has 1 N–H and O–H groups in total. The molecule has 4 nitrogen and oxygen atoms in total. The molecular weight excluding hydrogens is 262 g/mol. The number of pyridine rings is 1. The Morgan fingerprint density at radius 3 is 2.71 bits per heavy atom. The van der Waals surface area contributed by atoms with Crippen molar-refractivity contribution >= 4 is 11.6 Å². The third-order valence-electron chi connectivity index (χ3n) is 3.77. The van der Waals surface area contributed by atoms with Crippen LogP contribution in [0.15, 0.2) is 48.8 Å². The normalized spacial score (nSPS) is 14.2. The summed E-state index contributed by atoms with van der Waals surface area (Å²) in [5.41, 5.74) is 2.80. The average Bonchev–Trinajstić information content (AvgIpc) is 3.08. The lowest BCUT2D eigenvalue weighted by Crippen LogP contribution is -2.27. The van der Waals surface area contributed by atoms with E-state index in [1.165, 1.54) is 12.8 Å². The highest BCUT2D eigenvalue weighted by atomic mass is 16.1. The minimum Gasteiger partial charge on any atom is -0.371 e. The SMILES string of the molecule is O=C(NCc1cccnc1)c1ccccc1N1CCCC1. The van der Waals surface area contributed by atoms with E-state index in [9.17, 15) is 4.79 Å². The zero-order chi connectivity index (χ0) is 14.5. The molecule has 0 saturated carbocycles. The van der Waals surface area contributed by atoms with E-state index in [1.54, 1.807) is 12.4 Å². The van der Waals surface area contributed by atoms with Gasteiger partial charge in [0.15, 0.2) is 0 Å². The van der Waals surface area contributed by atoms with Crippen LogP contribution < -0.4 is 10.2 Å². The highest BCUT2D eigenvalue weighted by Gasteiger charge is 2.18. The zero-order valence-corrected chi connectivity index (χ0v) is 12.0. The largest absolute Gasteiger partial charge is 0.371 e. The van der Waals surface area contributed by atoms with Gasteiger partial charge in [-0.25, -0.2) is 0 Å². The summed E-state index contributed by atoms with van der Waals surface area (Å²) in [5, 5.41) is 2.97. The zero-order valence-electron chi connectivity index (χ0n) is 12.0. The van der Waals surface area contributed by atoms with E-state index in [4.69, 9.17) is 0 Å². The van der Waals surface area contributed by atoms with Gasteiger partial charge in [-0.05, 0) is 36.6 Å². The van der Waals surface area contributed by atoms with Gasteiger partial charge < -0.3 is 10.2 Å². The predicted octanol–water partition coefficient (Wildman–Crippen LogP) is 2.61. The van der Waals surface area contributed by atoms with Gasteiger partial charge in [-0.1, -0.05) is 18.2 Å². The third-order valence-corrected chi connectivity index (χ3v) is 3.77. The van der Waals surface area contributed by atoms with Gasteiger partial charge in [-0.15, -0.1) is 0 Å². The standard InChI is InChI=1S/C17H19N3O/c21-17(19-13-14-6-5-9-18-12-14)15-7-1-2-8-16(15)20-10-3-4-11-20/h1-2,5-9,12H,3-4,10-11,13H2,(H,19,21). The van der Waals surface area contributed by atoms with Crippen LogP contribution in [0.1, 0.15) is 28.8 Å². The number of carbonyl (C=O) groups excluding carboxylic acids is 1. The Hall–Kier alpha value is -2.36. The van der Waals surface area contributed by atoms with Gasteiger partial charge >= 0.3 is 0 Å². The van der Waals surface area contributed by atoms with Crippen molar-refractivity contribution in [3.05, 3.63) is 59.9 Å². The number of anilines is 1. The smallest absolute Gasteiger partial charge is 0.253 e. The molecule has 108 valence electrons. The number of hydrogen-bond acceptors (Lipinski definition) is 3. The van der Waals surface area contributed by atoms with Crippen LogP contribution in [0.4, 0.5) is 5.69 Å². The minimum absolute atomic E-state index is 0.0265. The van der Waals surface area contributed by atoms with Gasteiger partial charge in [-0.2, -0.15) is 0 Å². The molecule has 1 aliphatic rings. The summed E-state index contributed by atoms with van der Waals surface area (Å²) in [6.07, 6.45) is 5.90. The molecule has 0 bridgehead atoms. The van der Waals surface area contributed by atoms with Gasteiger partial charge in [0.2, 0.25) is 0 Å². The average molecular weight is 281 g/mol. The molecule has 1 aromatic carbocycles. The lowest BCUT2D eigenvalue weighted by molar-refractivity contribution is 0.0951. The Kier molecular flexibility index (Phi) is 4.15. The maximum atomic E-state index is 12.4. The molecule has 1 aromatic heterocycles. The first-order chi connectivity index (χ1) is 10.3. The van der Waals surface area contributed by atoms with Crippen molar-refractivity contribution in [2.24, 2.45) is 0 Å². The molecule has 0 atom stereocenters. The monoisotopic (exact) mass is 281 g/mol. The topological polar surface area (TPSA) is 45.2 Å². The summed E-state index contributed by atoms with van der Waals surface area (Å²) in [7, 11) is 0. The Morgan fingerprint density at radius 1 is 1.14 bits per heavy atom. The molecule has 0 spiro atoms. The van der Waals surface area contributed by atoms with Crippen LogP contribution in [0, 0.1) is 0 Å². The maximum Gasteiger partial charge on any atom is 0.253 e. The number of rotatable bonds is 4. The fourth-order valence-electron chi connectivity index (χ4n) is 2.68. The highest BCUT2D eigenvalue weighted by molar-refractivity contribution is 5.99. The number of aromatic nitrogens is 1. The minimum atomic E-state index is -0.0265. The summed E-state index contributed by atoms with van der Waals surface area (Å²) < 4.78 is 0. The summed E-state index contributed by atoms with van der Waals surface area (Å²) in [6, 6.07) is 11.7. The van der Waals surface area contributed by atoms with Crippen molar-refractivity contribution in [2.75, 3.05) is 18.0 Å². The lowest BCUT2D eigenvalue weighted by atomic mass is 10.1. The van der Waals surface area contributed by atoms with Crippen LogP contribution in [0.2, 0.25) is 0 Å². The van der Waals surface area contributed by atoms with E-state index in [0.29, 0.717) is 6.54 Å². The van der Waals surface area contributed by atoms with Crippen LogP contribution in [0.3, 0.4) is 0 Å². The van der Waals surface area contributed by atoms with Gasteiger partial charge in [0.25, 0.3) is 5.91 Å². The Morgan fingerprint density at radius 2 is 1.95 bits per heavy atom. The molecule has 0 radical (unpaired) electrons. The summed E-state index contributed by atoms with van der Waals surface area (Å²) in [5.74, 6) is -0.0265. The molecule has 21 heavy (non-hydrogen) atoms. The van der Waals surface area contributed by atoms with E-state index >= 15 is 0 Å². The van der Waals surface area contributed by atoms with Crippen molar-refractivity contribution in [1.82, 2.24) is 10.3 Å². The van der Waals surface area contributed by atoms with E-state index in [-0.39, 0.29) is 5.91 Å². The number of para-hydroxylation sites is 1. The number of amides is 1. The molecule has 2 aromatic rings. The van der Waals surface area contributed by atoms with Crippen molar-refractivity contribution in [3.63, 3.8) is 0 Å². The van der Waals surface area contributed by atoms with Gasteiger partial charge in [0, 0.05) is 37.7 Å². The van der Waals surface area contributed by atoms with Crippen molar-refractivity contribution in [1.29, 1.82) is 0 Å². The van der Waals surface area contributed by atoms with Crippen molar-refractivity contribution in [2.45, 2.75) is 19.4 Å². The first-order valence-corrected chi connectivity index (χ1v) is 7.36. The van der Waals surface area contributed by atoms with Crippen LogP contribution >= 0.6 is 0 Å². The number of carbonyl (C=O) groups is 1. The molecule has 1 aliphatic heterocycles. The van der Waals surface area contributed by atoms with E-state index in [2.05, 4.69) is 15.2 Å². The van der Waals surface area contributed by atoms with Gasteiger partial charge in [0.05, 0.1) is 5.56 Å². The number of nitrogens with one attached hydrogen (secondary N) is 1. The predicted molar refractivity (Wildman–Crippen MR) is 83.3 cm³/mol. The second-order valence-electron chi connectivity index (χ2n) is 5.26. The third kappa shape index (κ3) is 3.21. The maximum absolute atomic E-state index is 12.4. The van der Waals surface area contributed by atoms with Crippen LogP contribution in [0.25, 0.3) is 0 Å². The second kappa shape index (κ2) is 6.39. The summed E-state index contributed by atoms with van der Waals surface area (Å²) >= 11 is 0. The highest BCUT2D eigenvalue weighted by Crippen LogP contribution is 2.24. The molecule has 3 rings (SSSR count). The molecule has 0 unspecified atom stereocenters. The number of nitrogens with zero attached hydrogens (tertiary/aromatic N) is 2. The molecule has 1 amide bonds. The summed E-state index contributed by atoms with van der Waals surface area (Å²) in [6.45, 7) is 2.57. The molecule has 0 aliphatic carbocycles. The Bertz CT molecular complexity index is 606. The van der Waals surface area contributed by atoms with E-state index < -0.39 is 0 Å². The Labute approximate surface area is 124 Å². The molecular formula is C17H19N3O. The fraction of sp³-hybridized carbons (Fsp3) is 0.294. The molecule has 4 heteroatoms. The molecule has 2 heterocycles. The van der Waals surface area contributed by atoms with Crippen LogP contribution in [0.5, 0.6) is 0 Å². The summed E-state index contributed by atoms with van der Waals surface area (Å²) in [4.78, 5) is 18.8. The van der Waals surface area contributed by atoms with Crippen LogP contribution in [-0.4, -0.2) is 24.0 Å². The van der Waals surface area contributed by atoms with E-state index in [1.807, 2.05) is 36.4 Å². The quantitative estimate of drug-likeness (QED) is 0.937. The lowest BCUT2D eigenvalue weighted by Gasteiger charge is -2.20. The molecule has 1 fully saturated rings. The van der Waals surface area contributed by atoms with Crippen molar-refractivity contribution < 1.29 is 4.79 Å². The van der Waals surface area contributed by atoms with Crippen LogP contribution in [-0.2, 0) is 6.54 Å². The first-order valence-electron chi connectivity index (χ1n) is 7.36. The number of hydrogen-bond donors (Lipinski definition) is 1. The van der Waals surface area contributed by atoms with Gasteiger partial charge in [-0.3, -0.25) is 9.78 Å². The second-order valence-corrected chi connectivity index (χ2v) is 5.26. The molecule has 1 saturated heterocycles.